The van der Waals surface area contributed by atoms with Crippen LogP contribution in [0.4, 0.5) is 5.69 Å². The Morgan fingerprint density at radius 1 is 1.20 bits per heavy atom. The van der Waals surface area contributed by atoms with Gasteiger partial charge in [-0.05, 0) is 30.7 Å². The van der Waals surface area contributed by atoms with Gasteiger partial charge in [0, 0.05) is 44.2 Å². The molecule has 25 heavy (non-hydrogen) atoms. The molecule has 0 radical (unpaired) electrons. The van der Waals surface area contributed by atoms with E-state index in [0.29, 0.717) is 23.5 Å². The number of pyridine rings is 1. The summed E-state index contributed by atoms with van der Waals surface area (Å²) in [4.78, 5) is 14.2. The Morgan fingerprint density at radius 3 is 2.44 bits per heavy atom. The first-order chi connectivity index (χ1) is 11.7. The first-order valence-corrected chi connectivity index (χ1v) is 9.99. The quantitative estimate of drug-likeness (QED) is 0.785. The highest BCUT2D eigenvalue weighted by Gasteiger charge is 2.14. The van der Waals surface area contributed by atoms with E-state index in [1.807, 2.05) is 31.0 Å². The SMILES string of the molecule is CCN(C)c1cc(-c2ccc(OC)c(CS(C)(=O)=O)c2)cn(C)c1=O. The molecule has 2 aromatic rings. The maximum absolute atomic E-state index is 12.3. The average Bonchev–Trinajstić information content (AvgIpc) is 2.55. The van der Waals surface area contributed by atoms with Gasteiger partial charge in [0.1, 0.15) is 11.4 Å². The molecule has 136 valence electrons. The number of hydrogen-bond donors (Lipinski definition) is 0. The molecule has 2 rings (SSSR count). The van der Waals surface area contributed by atoms with Gasteiger partial charge in [0.25, 0.3) is 5.56 Å². The van der Waals surface area contributed by atoms with Crippen LogP contribution in [0.1, 0.15) is 12.5 Å². The molecule has 0 amide bonds. The number of benzene rings is 1. The fourth-order valence-electron chi connectivity index (χ4n) is 2.65. The van der Waals surface area contributed by atoms with E-state index in [4.69, 9.17) is 4.74 Å². The summed E-state index contributed by atoms with van der Waals surface area (Å²) in [6.45, 7) is 2.68. The van der Waals surface area contributed by atoms with Crippen molar-refractivity contribution in [3.63, 3.8) is 0 Å². The molecule has 0 fully saturated rings. The highest BCUT2D eigenvalue weighted by Crippen LogP contribution is 2.29. The second-order valence-corrected chi connectivity index (χ2v) is 8.28. The van der Waals surface area contributed by atoms with Crippen molar-refractivity contribution in [2.24, 2.45) is 7.05 Å². The Morgan fingerprint density at radius 2 is 1.88 bits per heavy atom. The molecule has 1 heterocycles. The van der Waals surface area contributed by atoms with Crippen LogP contribution in [-0.2, 0) is 22.6 Å². The first kappa shape index (κ1) is 19.1. The lowest BCUT2D eigenvalue weighted by molar-refractivity contribution is 0.411. The summed E-state index contributed by atoms with van der Waals surface area (Å²) >= 11 is 0. The standard InChI is InChI=1S/C18H24N2O4S/c1-6-19(2)16-10-14(11-20(3)18(16)21)13-7-8-17(24-4)15(9-13)12-25(5,22)23/h7-11H,6,12H2,1-5H3. The van der Waals surface area contributed by atoms with E-state index in [1.165, 1.54) is 17.9 Å². The molecular weight excluding hydrogens is 340 g/mol. The molecule has 0 N–H and O–H groups in total. The van der Waals surface area contributed by atoms with E-state index >= 15 is 0 Å². The Balaban J connectivity index is 2.61. The van der Waals surface area contributed by atoms with Crippen LogP contribution in [0.5, 0.6) is 5.75 Å². The van der Waals surface area contributed by atoms with Gasteiger partial charge in [0.2, 0.25) is 0 Å². The monoisotopic (exact) mass is 364 g/mol. The van der Waals surface area contributed by atoms with Gasteiger partial charge in [0.05, 0.1) is 12.9 Å². The van der Waals surface area contributed by atoms with Crippen LogP contribution in [0.15, 0.2) is 35.3 Å². The van der Waals surface area contributed by atoms with Gasteiger partial charge in [0.15, 0.2) is 9.84 Å². The first-order valence-electron chi connectivity index (χ1n) is 7.93. The van der Waals surface area contributed by atoms with E-state index in [9.17, 15) is 13.2 Å². The van der Waals surface area contributed by atoms with Gasteiger partial charge in [-0.15, -0.1) is 0 Å². The summed E-state index contributed by atoms with van der Waals surface area (Å²) in [6, 6.07) is 7.25. The molecule has 7 heteroatoms. The number of hydrogen-bond acceptors (Lipinski definition) is 5. The van der Waals surface area contributed by atoms with Crippen molar-refractivity contribution in [2.45, 2.75) is 12.7 Å². The van der Waals surface area contributed by atoms with Gasteiger partial charge >= 0.3 is 0 Å². The highest BCUT2D eigenvalue weighted by atomic mass is 32.2. The summed E-state index contributed by atoms with van der Waals surface area (Å²) in [5.74, 6) is 0.433. The maximum atomic E-state index is 12.3. The lowest BCUT2D eigenvalue weighted by Crippen LogP contribution is -2.28. The van der Waals surface area contributed by atoms with Gasteiger partial charge in [-0.3, -0.25) is 4.79 Å². The van der Waals surface area contributed by atoms with Gasteiger partial charge in [-0.25, -0.2) is 8.42 Å². The van der Waals surface area contributed by atoms with Crippen LogP contribution >= 0.6 is 0 Å². The Hall–Kier alpha value is -2.28. The molecule has 0 spiro atoms. The minimum atomic E-state index is -3.19. The zero-order valence-electron chi connectivity index (χ0n) is 15.2. The van der Waals surface area contributed by atoms with Crippen LogP contribution in [0.25, 0.3) is 11.1 Å². The van der Waals surface area contributed by atoms with Crippen LogP contribution in [0.2, 0.25) is 0 Å². The Bertz CT molecular complexity index is 933. The van der Waals surface area contributed by atoms with Crippen molar-refractivity contribution in [1.82, 2.24) is 4.57 Å². The molecule has 0 unspecified atom stereocenters. The summed E-state index contributed by atoms with van der Waals surface area (Å²) in [5.41, 5.74) is 2.80. The van der Waals surface area contributed by atoms with E-state index in [-0.39, 0.29) is 11.3 Å². The fourth-order valence-corrected chi connectivity index (χ4v) is 3.44. The molecule has 0 bridgehead atoms. The maximum Gasteiger partial charge on any atom is 0.273 e. The van der Waals surface area contributed by atoms with Crippen molar-refractivity contribution in [2.75, 3.05) is 31.9 Å². The molecule has 1 aromatic carbocycles. The number of anilines is 1. The predicted molar refractivity (Wildman–Crippen MR) is 101 cm³/mol. The van der Waals surface area contributed by atoms with E-state index in [0.717, 1.165) is 11.1 Å². The zero-order chi connectivity index (χ0) is 18.8. The van der Waals surface area contributed by atoms with Gasteiger partial charge < -0.3 is 14.2 Å². The van der Waals surface area contributed by atoms with Crippen molar-refractivity contribution in [3.8, 4) is 16.9 Å². The van der Waals surface area contributed by atoms with E-state index < -0.39 is 9.84 Å². The number of rotatable bonds is 6. The van der Waals surface area contributed by atoms with Gasteiger partial charge in [-0.1, -0.05) is 6.07 Å². The Labute approximate surface area is 148 Å². The molecular formula is C18H24N2O4S. The number of aryl methyl sites for hydroxylation is 1. The average molecular weight is 364 g/mol. The second-order valence-electron chi connectivity index (χ2n) is 6.14. The second kappa shape index (κ2) is 7.31. The molecule has 0 saturated carbocycles. The minimum absolute atomic E-state index is 0.0713. The number of sulfone groups is 1. The smallest absolute Gasteiger partial charge is 0.273 e. The third-order valence-electron chi connectivity index (χ3n) is 4.08. The van der Waals surface area contributed by atoms with E-state index in [1.54, 1.807) is 25.4 Å². The topological polar surface area (TPSA) is 68.6 Å². The summed E-state index contributed by atoms with van der Waals surface area (Å²) in [5, 5.41) is 0. The molecule has 0 aliphatic rings. The highest BCUT2D eigenvalue weighted by molar-refractivity contribution is 7.89. The summed E-state index contributed by atoms with van der Waals surface area (Å²) in [7, 11) is 1.90. The summed E-state index contributed by atoms with van der Waals surface area (Å²) in [6.07, 6.45) is 2.95. The lowest BCUT2D eigenvalue weighted by atomic mass is 10.0. The zero-order valence-corrected chi connectivity index (χ0v) is 16.1. The number of ether oxygens (including phenoxy) is 1. The van der Waals surface area contributed by atoms with Crippen molar-refractivity contribution < 1.29 is 13.2 Å². The Kier molecular flexibility index (Phi) is 5.57. The lowest BCUT2D eigenvalue weighted by Gasteiger charge is -2.18. The molecule has 1 aromatic heterocycles. The third-order valence-corrected chi connectivity index (χ3v) is 4.92. The largest absolute Gasteiger partial charge is 0.496 e. The van der Waals surface area contributed by atoms with Crippen LogP contribution < -0.4 is 15.2 Å². The minimum Gasteiger partial charge on any atom is -0.496 e. The third kappa shape index (κ3) is 4.42. The molecule has 6 nitrogen and oxygen atoms in total. The molecule has 0 aliphatic carbocycles. The van der Waals surface area contributed by atoms with Crippen LogP contribution in [-0.4, -0.2) is 39.9 Å². The van der Waals surface area contributed by atoms with E-state index in [2.05, 4.69) is 0 Å². The number of aromatic nitrogens is 1. The van der Waals surface area contributed by atoms with Gasteiger partial charge in [-0.2, -0.15) is 0 Å². The summed E-state index contributed by atoms with van der Waals surface area (Å²) < 4.78 is 30.2. The number of methoxy groups -OCH3 is 1. The molecule has 0 saturated heterocycles. The predicted octanol–water partition coefficient (Wildman–Crippen LogP) is 2.06. The van der Waals surface area contributed by atoms with Crippen molar-refractivity contribution in [3.05, 3.63) is 46.4 Å². The molecule has 0 aliphatic heterocycles. The fraction of sp³-hybridized carbons (Fsp3) is 0.389. The normalized spacial score (nSPS) is 11.4. The van der Waals surface area contributed by atoms with Crippen LogP contribution in [0, 0.1) is 0 Å². The number of nitrogens with zero attached hydrogens (tertiary/aromatic N) is 2. The van der Waals surface area contributed by atoms with Crippen molar-refractivity contribution in [1.29, 1.82) is 0 Å². The van der Waals surface area contributed by atoms with Crippen molar-refractivity contribution >= 4 is 15.5 Å². The molecule has 0 atom stereocenters. The van der Waals surface area contributed by atoms with Crippen LogP contribution in [0.3, 0.4) is 0 Å².